The molecule has 0 spiro atoms. The van der Waals surface area contributed by atoms with Crippen molar-refractivity contribution >= 4 is 0 Å². The van der Waals surface area contributed by atoms with Gasteiger partial charge in [0.2, 0.25) is 0 Å². The van der Waals surface area contributed by atoms with Crippen molar-refractivity contribution in [1.82, 2.24) is 4.98 Å². The molecule has 1 aromatic heterocycles. The fourth-order valence-electron chi connectivity index (χ4n) is 4.62. The number of aromatic nitrogens is 1. The fourth-order valence-corrected chi connectivity index (χ4v) is 4.62. The van der Waals surface area contributed by atoms with Gasteiger partial charge in [-0.2, -0.15) is 13.2 Å². The van der Waals surface area contributed by atoms with E-state index < -0.39 is 11.9 Å². The summed E-state index contributed by atoms with van der Waals surface area (Å²) in [7, 11) is 0. The van der Waals surface area contributed by atoms with Crippen molar-refractivity contribution in [3.8, 4) is 11.8 Å². The van der Waals surface area contributed by atoms with Gasteiger partial charge < -0.3 is 0 Å². The molecule has 0 amide bonds. The third-order valence-electron chi connectivity index (χ3n) is 6.38. The zero-order valence-corrected chi connectivity index (χ0v) is 15.5. The predicted molar refractivity (Wildman–Crippen MR) is 97.3 cm³/mol. The van der Waals surface area contributed by atoms with Gasteiger partial charge in [-0.15, -0.1) is 0 Å². The van der Waals surface area contributed by atoms with Gasteiger partial charge in [0.05, 0.1) is 0 Å². The SMILES string of the molecule is CC[C@H]1CC[C@H](C2CCC(C#Cc3ccc(C(F)(F)F)nc3)CC2)CC1. The Balaban J connectivity index is 1.48. The smallest absolute Gasteiger partial charge is 0.250 e. The van der Waals surface area contributed by atoms with E-state index in [9.17, 15) is 13.2 Å². The first kappa shape index (κ1) is 19.3. The highest BCUT2D eigenvalue weighted by molar-refractivity contribution is 5.33. The average Bonchev–Trinajstić information content (AvgIpc) is 2.66. The first-order chi connectivity index (χ1) is 12.5. The summed E-state index contributed by atoms with van der Waals surface area (Å²) < 4.78 is 37.6. The van der Waals surface area contributed by atoms with E-state index in [4.69, 9.17) is 0 Å². The van der Waals surface area contributed by atoms with Crippen LogP contribution in [0.4, 0.5) is 13.2 Å². The van der Waals surface area contributed by atoms with Gasteiger partial charge in [0.15, 0.2) is 0 Å². The van der Waals surface area contributed by atoms with Gasteiger partial charge in [-0.05, 0) is 68.4 Å². The van der Waals surface area contributed by atoms with E-state index in [1.807, 2.05) is 0 Å². The van der Waals surface area contributed by atoms with Gasteiger partial charge in [-0.1, -0.05) is 38.0 Å². The van der Waals surface area contributed by atoms with Gasteiger partial charge in [0.25, 0.3) is 0 Å². The number of hydrogen-bond donors (Lipinski definition) is 0. The van der Waals surface area contributed by atoms with Gasteiger partial charge >= 0.3 is 6.18 Å². The molecule has 0 atom stereocenters. The second-order valence-electron chi connectivity index (χ2n) is 8.00. The van der Waals surface area contributed by atoms with Crippen LogP contribution in [-0.4, -0.2) is 4.98 Å². The number of hydrogen-bond acceptors (Lipinski definition) is 1. The lowest BCUT2D eigenvalue weighted by atomic mass is 9.69. The van der Waals surface area contributed by atoms with Crippen LogP contribution in [0, 0.1) is 35.5 Å². The van der Waals surface area contributed by atoms with Crippen LogP contribution in [-0.2, 0) is 6.18 Å². The van der Waals surface area contributed by atoms with E-state index in [1.54, 1.807) is 0 Å². The topological polar surface area (TPSA) is 12.9 Å². The number of rotatable bonds is 2. The van der Waals surface area contributed by atoms with Crippen LogP contribution < -0.4 is 0 Å². The summed E-state index contributed by atoms with van der Waals surface area (Å²) in [6, 6.07) is 2.42. The Kier molecular flexibility index (Phi) is 6.27. The quantitative estimate of drug-likeness (QED) is 0.548. The minimum absolute atomic E-state index is 0.375. The molecule has 1 aromatic rings. The Morgan fingerprint density at radius 2 is 1.58 bits per heavy atom. The van der Waals surface area contributed by atoms with E-state index in [2.05, 4.69) is 23.7 Å². The van der Waals surface area contributed by atoms with E-state index in [0.29, 0.717) is 11.5 Å². The molecule has 2 aliphatic carbocycles. The molecule has 0 saturated heterocycles. The summed E-state index contributed by atoms with van der Waals surface area (Å²) in [5.74, 6) is 9.38. The minimum atomic E-state index is -4.39. The molecule has 0 N–H and O–H groups in total. The molecule has 1 heterocycles. The van der Waals surface area contributed by atoms with Gasteiger partial charge in [0, 0.05) is 17.7 Å². The molecule has 2 aliphatic rings. The summed E-state index contributed by atoms with van der Waals surface area (Å²) in [5, 5.41) is 0. The molecule has 26 heavy (non-hydrogen) atoms. The van der Waals surface area contributed by atoms with E-state index in [1.165, 1.54) is 57.2 Å². The maximum absolute atomic E-state index is 12.5. The van der Waals surface area contributed by atoms with E-state index in [-0.39, 0.29) is 0 Å². The third kappa shape index (κ3) is 5.02. The van der Waals surface area contributed by atoms with E-state index >= 15 is 0 Å². The molecule has 142 valence electrons. The molecule has 3 rings (SSSR count). The highest BCUT2D eigenvalue weighted by Gasteiger charge is 2.32. The van der Waals surface area contributed by atoms with Crippen LogP contribution in [0.25, 0.3) is 0 Å². The lowest BCUT2D eigenvalue weighted by Gasteiger charge is -2.36. The van der Waals surface area contributed by atoms with Gasteiger partial charge in [0.1, 0.15) is 5.69 Å². The predicted octanol–water partition coefficient (Wildman–Crippen LogP) is 6.47. The molecule has 0 unspecified atom stereocenters. The van der Waals surface area contributed by atoms with Gasteiger partial charge in [-0.3, -0.25) is 4.98 Å². The van der Waals surface area contributed by atoms with Crippen molar-refractivity contribution in [3.63, 3.8) is 0 Å². The summed E-state index contributed by atoms with van der Waals surface area (Å²) in [4.78, 5) is 3.47. The van der Waals surface area contributed by atoms with Crippen molar-refractivity contribution in [1.29, 1.82) is 0 Å². The lowest BCUT2D eigenvalue weighted by molar-refractivity contribution is -0.141. The Hall–Kier alpha value is -1.50. The van der Waals surface area contributed by atoms with Crippen LogP contribution >= 0.6 is 0 Å². The second-order valence-corrected chi connectivity index (χ2v) is 8.00. The normalized spacial score (nSPS) is 29.7. The molecule has 4 heteroatoms. The molecular weight excluding hydrogens is 335 g/mol. The van der Waals surface area contributed by atoms with Crippen LogP contribution in [0.1, 0.15) is 76.0 Å². The maximum Gasteiger partial charge on any atom is 0.433 e. The first-order valence-electron chi connectivity index (χ1n) is 10.0. The van der Waals surface area contributed by atoms with Crippen molar-refractivity contribution in [2.24, 2.45) is 23.7 Å². The number of nitrogens with zero attached hydrogens (tertiary/aromatic N) is 1. The average molecular weight is 363 g/mol. The van der Waals surface area contributed by atoms with Crippen molar-refractivity contribution in [2.75, 3.05) is 0 Å². The zero-order chi connectivity index (χ0) is 18.6. The first-order valence-corrected chi connectivity index (χ1v) is 10.0. The Bertz CT molecular complexity index is 622. The molecule has 0 aromatic carbocycles. The van der Waals surface area contributed by atoms with Gasteiger partial charge in [-0.25, -0.2) is 0 Å². The molecule has 0 radical (unpaired) electrons. The number of pyridine rings is 1. The minimum Gasteiger partial charge on any atom is -0.250 e. The van der Waals surface area contributed by atoms with Crippen LogP contribution in [0.3, 0.4) is 0 Å². The van der Waals surface area contributed by atoms with Crippen LogP contribution in [0.15, 0.2) is 18.3 Å². The number of halogens is 3. The van der Waals surface area contributed by atoms with Crippen LogP contribution in [0.5, 0.6) is 0 Å². The second kappa shape index (κ2) is 8.46. The Morgan fingerprint density at radius 1 is 0.962 bits per heavy atom. The molecule has 2 fully saturated rings. The maximum atomic E-state index is 12.5. The molecular formula is C22H28F3N. The molecule has 1 nitrogen and oxygen atoms in total. The summed E-state index contributed by atoms with van der Waals surface area (Å²) in [5.41, 5.74) is -0.292. The Morgan fingerprint density at radius 3 is 2.08 bits per heavy atom. The monoisotopic (exact) mass is 363 g/mol. The van der Waals surface area contributed by atoms with Crippen molar-refractivity contribution in [3.05, 3.63) is 29.6 Å². The molecule has 2 saturated carbocycles. The highest BCUT2D eigenvalue weighted by atomic mass is 19.4. The standard InChI is InChI=1S/C22H28F3N/c1-2-16-5-10-19(11-6-16)20-12-7-17(8-13-20)3-4-18-9-14-21(26-15-18)22(23,24)25/h9,14-17,19-20H,2,5-8,10-13H2,1H3/t16-,17?,19-,20?. The highest BCUT2D eigenvalue weighted by Crippen LogP contribution is 2.41. The summed E-state index contributed by atoms with van der Waals surface area (Å²) in [6.45, 7) is 2.31. The largest absolute Gasteiger partial charge is 0.433 e. The molecule has 0 bridgehead atoms. The Labute approximate surface area is 154 Å². The molecule has 0 aliphatic heterocycles. The lowest BCUT2D eigenvalue weighted by Crippen LogP contribution is -2.25. The number of alkyl halides is 3. The fraction of sp³-hybridized carbons (Fsp3) is 0.682. The van der Waals surface area contributed by atoms with E-state index in [0.717, 1.165) is 36.7 Å². The van der Waals surface area contributed by atoms with Crippen molar-refractivity contribution < 1.29 is 13.2 Å². The summed E-state index contributed by atoms with van der Waals surface area (Å²) in [6.07, 6.45) is 8.54. The van der Waals surface area contributed by atoms with Crippen molar-refractivity contribution in [2.45, 2.75) is 70.9 Å². The summed E-state index contributed by atoms with van der Waals surface area (Å²) >= 11 is 0. The zero-order valence-electron chi connectivity index (χ0n) is 15.5. The van der Waals surface area contributed by atoms with Crippen LogP contribution in [0.2, 0.25) is 0 Å². The third-order valence-corrected chi connectivity index (χ3v) is 6.38.